The van der Waals surface area contributed by atoms with Gasteiger partial charge in [-0.15, -0.1) is 0 Å². The summed E-state index contributed by atoms with van der Waals surface area (Å²) in [6.07, 6.45) is -0.170. The number of halogens is 2. The van der Waals surface area contributed by atoms with E-state index >= 15 is 0 Å². The van der Waals surface area contributed by atoms with Gasteiger partial charge < -0.3 is 14.8 Å². The molecule has 1 unspecified atom stereocenters. The summed E-state index contributed by atoms with van der Waals surface area (Å²) in [5, 5.41) is 2.35. The van der Waals surface area contributed by atoms with Gasteiger partial charge >= 0.3 is 11.9 Å². The number of rotatable bonds is 11. The van der Waals surface area contributed by atoms with Crippen LogP contribution in [0.3, 0.4) is 0 Å². The SMILES string of the molecule is CCOC(=O)CCC(NC(=O)c1cc(Cl)c(N(C)S(=O)(=O)c2ccc(C)cc2)cc1Cl)C(=O)OCC. The van der Waals surface area contributed by atoms with Gasteiger partial charge in [0.15, 0.2) is 0 Å². The van der Waals surface area contributed by atoms with Crippen molar-refractivity contribution in [3.05, 3.63) is 57.6 Å². The number of carbonyl (C=O) groups excluding carboxylic acids is 3. The summed E-state index contributed by atoms with van der Waals surface area (Å²) in [7, 11) is -2.64. The van der Waals surface area contributed by atoms with E-state index in [-0.39, 0.29) is 52.2 Å². The zero-order valence-electron chi connectivity index (χ0n) is 20.3. The summed E-state index contributed by atoms with van der Waals surface area (Å²) in [6, 6.07) is 7.62. The van der Waals surface area contributed by atoms with Crippen LogP contribution in [0.1, 0.15) is 42.6 Å². The van der Waals surface area contributed by atoms with Crippen LogP contribution in [-0.2, 0) is 29.1 Å². The lowest BCUT2D eigenvalue weighted by molar-refractivity contribution is -0.146. The molecule has 0 saturated carbocycles. The minimum absolute atomic E-state index is 0.0512. The molecular formula is C24H28Cl2N2O7S. The van der Waals surface area contributed by atoms with Gasteiger partial charge in [0.25, 0.3) is 15.9 Å². The third-order valence-electron chi connectivity index (χ3n) is 5.12. The van der Waals surface area contributed by atoms with E-state index in [1.165, 1.54) is 31.3 Å². The molecule has 1 atom stereocenters. The van der Waals surface area contributed by atoms with Crippen LogP contribution < -0.4 is 9.62 Å². The van der Waals surface area contributed by atoms with Crippen LogP contribution in [0, 0.1) is 6.92 Å². The summed E-state index contributed by atoms with van der Waals surface area (Å²) in [5.74, 6) is -2.00. The van der Waals surface area contributed by atoms with Crippen LogP contribution in [0.4, 0.5) is 5.69 Å². The summed E-state index contributed by atoms with van der Waals surface area (Å²) in [5.41, 5.74) is 0.872. The second-order valence-electron chi connectivity index (χ2n) is 7.69. The van der Waals surface area contributed by atoms with Crippen molar-refractivity contribution in [2.75, 3.05) is 24.6 Å². The third kappa shape index (κ3) is 7.35. The standard InChI is InChI=1S/C24H28Cl2N2O7S/c1-5-34-22(29)12-11-20(24(31)35-6-2)27-23(30)17-13-19(26)21(14-18(17)25)28(4)36(32,33)16-9-7-15(3)8-10-16/h7-10,13-14,20H,5-6,11-12H2,1-4H3,(H,27,30). The first-order valence-electron chi connectivity index (χ1n) is 11.1. The molecule has 0 spiro atoms. The molecule has 0 radical (unpaired) electrons. The molecule has 196 valence electrons. The number of nitrogens with zero attached hydrogens (tertiary/aromatic N) is 1. The van der Waals surface area contributed by atoms with Crippen molar-refractivity contribution in [1.29, 1.82) is 0 Å². The fraction of sp³-hybridized carbons (Fsp3) is 0.375. The van der Waals surface area contributed by atoms with Crippen molar-refractivity contribution in [3.63, 3.8) is 0 Å². The number of aryl methyl sites for hydroxylation is 1. The number of esters is 2. The largest absolute Gasteiger partial charge is 0.466 e. The molecule has 0 heterocycles. The highest BCUT2D eigenvalue weighted by Gasteiger charge is 2.28. The zero-order chi connectivity index (χ0) is 27.0. The molecule has 0 aromatic heterocycles. The Kier molecular flexibility index (Phi) is 10.6. The monoisotopic (exact) mass is 558 g/mol. The Morgan fingerprint density at radius 2 is 1.61 bits per heavy atom. The van der Waals surface area contributed by atoms with E-state index in [4.69, 9.17) is 32.7 Å². The molecular weight excluding hydrogens is 531 g/mol. The van der Waals surface area contributed by atoms with Gasteiger partial charge in [-0.2, -0.15) is 0 Å². The smallest absolute Gasteiger partial charge is 0.328 e. The Morgan fingerprint density at radius 1 is 1.00 bits per heavy atom. The second-order valence-corrected chi connectivity index (χ2v) is 10.5. The quantitative estimate of drug-likeness (QED) is 0.411. The van der Waals surface area contributed by atoms with Crippen molar-refractivity contribution in [2.24, 2.45) is 0 Å². The van der Waals surface area contributed by atoms with E-state index in [9.17, 15) is 22.8 Å². The lowest BCUT2D eigenvalue weighted by atomic mass is 10.1. The first kappa shape index (κ1) is 29.4. The van der Waals surface area contributed by atoms with Crippen LogP contribution in [0.25, 0.3) is 0 Å². The Labute approximate surface area is 220 Å². The lowest BCUT2D eigenvalue weighted by Crippen LogP contribution is -2.42. The van der Waals surface area contributed by atoms with Crippen LogP contribution in [0.2, 0.25) is 10.0 Å². The first-order chi connectivity index (χ1) is 16.9. The van der Waals surface area contributed by atoms with E-state index in [2.05, 4.69) is 5.32 Å². The molecule has 0 aliphatic heterocycles. The van der Waals surface area contributed by atoms with Crippen LogP contribution in [0.15, 0.2) is 41.3 Å². The summed E-state index contributed by atoms with van der Waals surface area (Å²) >= 11 is 12.7. The van der Waals surface area contributed by atoms with E-state index in [0.717, 1.165) is 9.87 Å². The van der Waals surface area contributed by atoms with E-state index < -0.39 is 33.9 Å². The molecule has 12 heteroatoms. The minimum Gasteiger partial charge on any atom is -0.466 e. The molecule has 36 heavy (non-hydrogen) atoms. The highest BCUT2D eigenvalue weighted by Crippen LogP contribution is 2.34. The maximum atomic E-state index is 13.0. The van der Waals surface area contributed by atoms with E-state index in [1.54, 1.807) is 26.0 Å². The van der Waals surface area contributed by atoms with Crippen LogP contribution in [-0.4, -0.2) is 52.6 Å². The predicted molar refractivity (Wildman–Crippen MR) is 137 cm³/mol. The molecule has 0 bridgehead atoms. The van der Waals surface area contributed by atoms with Crippen molar-refractivity contribution in [1.82, 2.24) is 5.32 Å². The molecule has 2 rings (SSSR count). The highest BCUT2D eigenvalue weighted by atomic mass is 35.5. The summed E-state index contributed by atoms with van der Waals surface area (Å²) in [4.78, 5) is 37.0. The lowest BCUT2D eigenvalue weighted by Gasteiger charge is -2.22. The molecule has 1 N–H and O–H groups in total. The predicted octanol–water partition coefficient (Wildman–Crippen LogP) is 4.13. The Balaban J connectivity index is 2.29. The molecule has 2 aromatic carbocycles. The number of benzene rings is 2. The normalized spacial score (nSPS) is 11.9. The van der Waals surface area contributed by atoms with E-state index in [0.29, 0.717) is 0 Å². The van der Waals surface area contributed by atoms with Crippen molar-refractivity contribution < 1.29 is 32.3 Å². The number of amides is 1. The van der Waals surface area contributed by atoms with Gasteiger partial charge in [0.1, 0.15) is 6.04 Å². The number of anilines is 1. The van der Waals surface area contributed by atoms with Crippen LogP contribution >= 0.6 is 23.2 Å². The van der Waals surface area contributed by atoms with E-state index in [1.807, 2.05) is 6.92 Å². The van der Waals surface area contributed by atoms with Gasteiger partial charge in [0.2, 0.25) is 0 Å². The topological polar surface area (TPSA) is 119 Å². The molecule has 1 amide bonds. The number of sulfonamides is 1. The second kappa shape index (κ2) is 12.9. The number of carbonyl (C=O) groups is 3. The number of ether oxygens (including phenoxy) is 2. The molecule has 2 aromatic rings. The average Bonchev–Trinajstić information content (AvgIpc) is 2.82. The average molecular weight is 559 g/mol. The number of hydrogen-bond acceptors (Lipinski definition) is 7. The van der Waals surface area contributed by atoms with Gasteiger partial charge in [0.05, 0.1) is 39.4 Å². The van der Waals surface area contributed by atoms with Crippen molar-refractivity contribution in [2.45, 2.75) is 44.6 Å². The maximum Gasteiger partial charge on any atom is 0.328 e. The maximum absolute atomic E-state index is 13.0. The molecule has 9 nitrogen and oxygen atoms in total. The number of hydrogen-bond donors (Lipinski definition) is 1. The van der Waals surface area contributed by atoms with Crippen LogP contribution in [0.5, 0.6) is 0 Å². The minimum atomic E-state index is -3.95. The molecule has 0 fully saturated rings. The van der Waals surface area contributed by atoms with Crippen molar-refractivity contribution in [3.8, 4) is 0 Å². The third-order valence-corrected chi connectivity index (χ3v) is 7.52. The number of nitrogens with one attached hydrogen (secondary N) is 1. The van der Waals surface area contributed by atoms with Crippen molar-refractivity contribution >= 4 is 56.8 Å². The summed E-state index contributed by atoms with van der Waals surface area (Å²) < 4.78 is 36.9. The van der Waals surface area contributed by atoms with Gasteiger partial charge in [0, 0.05) is 13.5 Å². The summed E-state index contributed by atoms with van der Waals surface area (Å²) in [6.45, 7) is 5.36. The fourth-order valence-electron chi connectivity index (χ4n) is 3.17. The Bertz CT molecular complexity index is 1220. The molecule has 0 aliphatic carbocycles. The van der Waals surface area contributed by atoms with Gasteiger partial charge in [-0.1, -0.05) is 40.9 Å². The Hall–Kier alpha value is -2.82. The molecule has 0 aliphatic rings. The Morgan fingerprint density at radius 3 is 2.19 bits per heavy atom. The van der Waals surface area contributed by atoms with Gasteiger partial charge in [-0.25, -0.2) is 13.2 Å². The first-order valence-corrected chi connectivity index (χ1v) is 13.3. The highest BCUT2D eigenvalue weighted by molar-refractivity contribution is 7.92. The molecule has 0 saturated heterocycles. The van der Waals surface area contributed by atoms with Gasteiger partial charge in [-0.05, 0) is 51.5 Å². The fourth-order valence-corrected chi connectivity index (χ4v) is 4.96. The zero-order valence-corrected chi connectivity index (χ0v) is 22.7. The van der Waals surface area contributed by atoms with Gasteiger partial charge in [-0.3, -0.25) is 13.9 Å².